The summed E-state index contributed by atoms with van der Waals surface area (Å²) in [6.07, 6.45) is 1.88. The van der Waals surface area contributed by atoms with Gasteiger partial charge in [-0.2, -0.15) is 0 Å². The molecule has 0 unspecified atom stereocenters. The Morgan fingerprint density at radius 2 is 1.71 bits per heavy atom. The third kappa shape index (κ3) is 3.04. The number of ether oxygens (including phenoxy) is 1. The molecule has 2 nitrogen and oxygen atoms in total. The Hall–Kier alpha value is -1.02. The molecule has 0 radical (unpaired) electrons. The van der Waals surface area contributed by atoms with Gasteiger partial charge in [0.2, 0.25) is 0 Å². The molecule has 0 saturated carbocycles. The van der Waals surface area contributed by atoms with E-state index in [9.17, 15) is 0 Å². The zero-order chi connectivity index (χ0) is 10.4. The minimum Gasteiger partial charge on any atom is -0.492 e. The van der Waals surface area contributed by atoms with Gasteiger partial charge in [0, 0.05) is 5.54 Å². The van der Waals surface area contributed by atoms with Gasteiger partial charge in [-0.1, -0.05) is 32.0 Å². The Bertz CT molecular complexity index is 254. The fourth-order valence-electron chi connectivity index (χ4n) is 1.20. The maximum absolute atomic E-state index is 6.12. The van der Waals surface area contributed by atoms with Gasteiger partial charge < -0.3 is 10.5 Å². The molecule has 0 spiro atoms. The van der Waals surface area contributed by atoms with E-state index in [1.54, 1.807) is 0 Å². The lowest BCUT2D eigenvalue weighted by Gasteiger charge is -2.26. The van der Waals surface area contributed by atoms with Gasteiger partial charge in [0.15, 0.2) is 0 Å². The summed E-state index contributed by atoms with van der Waals surface area (Å²) in [5, 5.41) is 0. The molecule has 0 aliphatic carbocycles. The molecule has 1 aromatic rings. The third-order valence-corrected chi connectivity index (χ3v) is 2.68. The average Bonchev–Trinajstić information content (AvgIpc) is 2.27. The number of hydrogen-bond acceptors (Lipinski definition) is 2. The van der Waals surface area contributed by atoms with Crippen LogP contribution in [0.5, 0.6) is 5.75 Å². The monoisotopic (exact) mass is 193 g/mol. The van der Waals surface area contributed by atoms with Crippen molar-refractivity contribution in [1.29, 1.82) is 0 Å². The standard InChI is InChI=1S/C12H19NO/c1-3-12(13,4-2)10-14-11-8-6-5-7-9-11/h5-9H,3-4,10,13H2,1-2H3. The van der Waals surface area contributed by atoms with Crippen LogP contribution in [0.3, 0.4) is 0 Å². The summed E-state index contributed by atoms with van der Waals surface area (Å²) in [6, 6.07) is 9.80. The molecule has 0 saturated heterocycles. The molecule has 14 heavy (non-hydrogen) atoms. The van der Waals surface area contributed by atoms with Crippen LogP contribution in [0.25, 0.3) is 0 Å². The summed E-state index contributed by atoms with van der Waals surface area (Å²) >= 11 is 0. The van der Waals surface area contributed by atoms with Gasteiger partial charge in [0.25, 0.3) is 0 Å². The van der Waals surface area contributed by atoms with Gasteiger partial charge in [-0.25, -0.2) is 0 Å². The van der Waals surface area contributed by atoms with Crippen molar-refractivity contribution in [2.75, 3.05) is 6.61 Å². The first-order valence-electron chi connectivity index (χ1n) is 5.17. The second kappa shape index (κ2) is 5.01. The second-order valence-corrected chi connectivity index (χ2v) is 3.67. The van der Waals surface area contributed by atoms with Gasteiger partial charge in [0.1, 0.15) is 12.4 Å². The van der Waals surface area contributed by atoms with Crippen LogP contribution in [0, 0.1) is 0 Å². The molecule has 0 aliphatic rings. The Morgan fingerprint density at radius 3 is 2.21 bits per heavy atom. The molecule has 2 N–H and O–H groups in total. The highest BCUT2D eigenvalue weighted by Crippen LogP contribution is 2.15. The summed E-state index contributed by atoms with van der Waals surface area (Å²) in [7, 11) is 0. The predicted molar refractivity (Wildman–Crippen MR) is 59.4 cm³/mol. The highest BCUT2D eigenvalue weighted by molar-refractivity contribution is 5.21. The Balaban J connectivity index is 2.48. The lowest BCUT2D eigenvalue weighted by atomic mass is 9.96. The summed E-state index contributed by atoms with van der Waals surface area (Å²) in [5.74, 6) is 0.893. The minimum absolute atomic E-state index is 0.185. The summed E-state index contributed by atoms with van der Waals surface area (Å²) in [6.45, 7) is 4.78. The van der Waals surface area contributed by atoms with E-state index in [2.05, 4.69) is 13.8 Å². The van der Waals surface area contributed by atoms with E-state index in [1.807, 2.05) is 30.3 Å². The van der Waals surface area contributed by atoms with Crippen molar-refractivity contribution in [2.24, 2.45) is 5.73 Å². The Kier molecular flexibility index (Phi) is 3.96. The van der Waals surface area contributed by atoms with E-state index in [0.717, 1.165) is 18.6 Å². The minimum atomic E-state index is -0.185. The smallest absolute Gasteiger partial charge is 0.119 e. The molecule has 0 heterocycles. The number of rotatable bonds is 5. The Morgan fingerprint density at radius 1 is 1.14 bits per heavy atom. The van der Waals surface area contributed by atoms with Crippen LogP contribution in [0.2, 0.25) is 0 Å². The molecule has 1 rings (SSSR count). The highest BCUT2D eigenvalue weighted by Gasteiger charge is 2.20. The van der Waals surface area contributed by atoms with E-state index >= 15 is 0 Å². The number of hydrogen-bond donors (Lipinski definition) is 1. The van der Waals surface area contributed by atoms with Gasteiger partial charge in [-0.15, -0.1) is 0 Å². The van der Waals surface area contributed by atoms with Gasteiger partial charge in [-0.05, 0) is 25.0 Å². The van der Waals surface area contributed by atoms with E-state index in [4.69, 9.17) is 10.5 Å². The molecule has 0 aliphatic heterocycles. The third-order valence-electron chi connectivity index (χ3n) is 2.68. The maximum atomic E-state index is 6.12. The van der Waals surface area contributed by atoms with Crippen molar-refractivity contribution in [3.05, 3.63) is 30.3 Å². The molecule has 2 heteroatoms. The molecule has 0 atom stereocenters. The van der Waals surface area contributed by atoms with Crippen LogP contribution < -0.4 is 10.5 Å². The van der Waals surface area contributed by atoms with Gasteiger partial charge in [0.05, 0.1) is 0 Å². The number of benzene rings is 1. The van der Waals surface area contributed by atoms with E-state index < -0.39 is 0 Å². The normalized spacial score (nSPS) is 11.4. The van der Waals surface area contributed by atoms with Gasteiger partial charge in [-0.3, -0.25) is 0 Å². The van der Waals surface area contributed by atoms with Crippen LogP contribution in [-0.4, -0.2) is 12.1 Å². The van der Waals surface area contributed by atoms with Crippen LogP contribution in [-0.2, 0) is 0 Å². The van der Waals surface area contributed by atoms with Crippen molar-refractivity contribution < 1.29 is 4.74 Å². The first-order chi connectivity index (χ1) is 6.70. The Labute approximate surface area is 86.1 Å². The van der Waals surface area contributed by atoms with Crippen molar-refractivity contribution in [3.8, 4) is 5.75 Å². The second-order valence-electron chi connectivity index (χ2n) is 3.67. The van der Waals surface area contributed by atoms with Crippen LogP contribution in [0.4, 0.5) is 0 Å². The lowest BCUT2D eigenvalue weighted by Crippen LogP contribution is -2.44. The first kappa shape index (κ1) is 11.1. The topological polar surface area (TPSA) is 35.2 Å². The maximum Gasteiger partial charge on any atom is 0.119 e. The molecular weight excluding hydrogens is 174 g/mol. The molecular formula is C12H19NO. The predicted octanol–water partition coefficient (Wildman–Crippen LogP) is 2.58. The fraction of sp³-hybridized carbons (Fsp3) is 0.500. The molecule has 0 fully saturated rings. The average molecular weight is 193 g/mol. The largest absolute Gasteiger partial charge is 0.492 e. The van der Waals surface area contributed by atoms with Crippen molar-refractivity contribution in [1.82, 2.24) is 0 Å². The molecule has 1 aromatic carbocycles. The number of para-hydroxylation sites is 1. The lowest BCUT2D eigenvalue weighted by molar-refractivity contribution is 0.207. The molecule has 78 valence electrons. The van der Waals surface area contributed by atoms with Crippen molar-refractivity contribution in [3.63, 3.8) is 0 Å². The first-order valence-corrected chi connectivity index (χ1v) is 5.17. The fourth-order valence-corrected chi connectivity index (χ4v) is 1.20. The van der Waals surface area contributed by atoms with Crippen molar-refractivity contribution >= 4 is 0 Å². The van der Waals surface area contributed by atoms with Crippen LogP contribution in [0.15, 0.2) is 30.3 Å². The zero-order valence-electron chi connectivity index (χ0n) is 8.99. The molecule has 0 bridgehead atoms. The van der Waals surface area contributed by atoms with Crippen LogP contribution >= 0.6 is 0 Å². The highest BCUT2D eigenvalue weighted by atomic mass is 16.5. The van der Waals surface area contributed by atoms with E-state index in [0.29, 0.717) is 6.61 Å². The summed E-state index contributed by atoms with van der Waals surface area (Å²) in [4.78, 5) is 0. The number of nitrogens with two attached hydrogens (primary N) is 1. The quantitative estimate of drug-likeness (QED) is 0.780. The van der Waals surface area contributed by atoms with Crippen molar-refractivity contribution in [2.45, 2.75) is 32.2 Å². The SMILES string of the molecule is CCC(N)(CC)COc1ccccc1. The van der Waals surface area contributed by atoms with Gasteiger partial charge >= 0.3 is 0 Å². The summed E-state index contributed by atoms with van der Waals surface area (Å²) < 4.78 is 5.63. The van der Waals surface area contributed by atoms with E-state index in [1.165, 1.54) is 0 Å². The molecule has 0 amide bonds. The zero-order valence-corrected chi connectivity index (χ0v) is 8.99. The molecule has 0 aromatic heterocycles. The summed E-state index contributed by atoms with van der Waals surface area (Å²) in [5.41, 5.74) is 5.93. The van der Waals surface area contributed by atoms with Crippen LogP contribution in [0.1, 0.15) is 26.7 Å². The van der Waals surface area contributed by atoms with E-state index in [-0.39, 0.29) is 5.54 Å².